The van der Waals surface area contributed by atoms with Crippen LogP contribution in [0.2, 0.25) is 5.02 Å². The van der Waals surface area contributed by atoms with Crippen molar-refractivity contribution in [2.45, 2.75) is 19.9 Å². The van der Waals surface area contributed by atoms with E-state index in [2.05, 4.69) is 15.3 Å². The predicted molar refractivity (Wildman–Crippen MR) is 114 cm³/mol. The summed E-state index contributed by atoms with van der Waals surface area (Å²) in [6, 6.07) is 20.8. The van der Waals surface area contributed by atoms with E-state index in [4.69, 9.17) is 11.6 Å². The highest BCUT2D eigenvalue weighted by atomic mass is 35.5. The number of aryl methyl sites for hydroxylation is 2. The summed E-state index contributed by atoms with van der Waals surface area (Å²) >= 11 is 6.50. The number of anilines is 1. The van der Waals surface area contributed by atoms with Crippen molar-refractivity contribution in [2.24, 2.45) is 0 Å². The first-order valence-electron chi connectivity index (χ1n) is 9.07. The Morgan fingerprint density at radius 3 is 2.36 bits per heavy atom. The molecule has 4 nitrogen and oxygen atoms in total. The molecule has 1 atom stereocenters. The Morgan fingerprint density at radius 2 is 1.57 bits per heavy atom. The molecule has 0 radical (unpaired) electrons. The van der Waals surface area contributed by atoms with E-state index in [9.17, 15) is 5.11 Å². The van der Waals surface area contributed by atoms with Crippen LogP contribution in [0.5, 0.6) is 5.75 Å². The topological polar surface area (TPSA) is 58.0 Å². The van der Waals surface area contributed by atoms with E-state index in [0.717, 1.165) is 22.3 Å². The molecule has 0 amide bonds. The van der Waals surface area contributed by atoms with E-state index in [0.29, 0.717) is 21.9 Å². The van der Waals surface area contributed by atoms with Crippen LogP contribution in [0, 0.1) is 13.8 Å². The molecular formula is C23H20ClN3O. The predicted octanol–water partition coefficient (Wildman–Crippen LogP) is 5.81. The van der Waals surface area contributed by atoms with Crippen LogP contribution in [0.3, 0.4) is 0 Å². The van der Waals surface area contributed by atoms with Crippen molar-refractivity contribution in [3.63, 3.8) is 0 Å². The molecule has 4 rings (SSSR count). The van der Waals surface area contributed by atoms with Gasteiger partial charge in [0.05, 0.1) is 6.04 Å². The molecule has 0 aliphatic carbocycles. The van der Waals surface area contributed by atoms with Crippen LogP contribution < -0.4 is 5.32 Å². The van der Waals surface area contributed by atoms with Gasteiger partial charge < -0.3 is 10.4 Å². The van der Waals surface area contributed by atoms with Gasteiger partial charge in [0.1, 0.15) is 17.1 Å². The number of hydrogen-bond acceptors (Lipinski definition) is 4. The zero-order valence-corrected chi connectivity index (χ0v) is 16.4. The minimum absolute atomic E-state index is 0.145. The molecule has 140 valence electrons. The summed E-state index contributed by atoms with van der Waals surface area (Å²) in [5, 5.41) is 16.0. The average molecular weight is 390 g/mol. The van der Waals surface area contributed by atoms with E-state index < -0.39 is 0 Å². The number of pyridine rings is 2. The zero-order valence-electron chi connectivity index (χ0n) is 15.6. The number of benzene rings is 2. The van der Waals surface area contributed by atoms with Gasteiger partial charge >= 0.3 is 0 Å². The first-order chi connectivity index (χ1) is 13.5. The molecule has 1 unspecified atom stereocenters. The van der Waals surface area contributed by atoms with Crippen molar-refractivity contribution in [3.8, 4) is 5.75 Å². The first kappa shape index (κ1) is 18.3. The standard InChI is InChI=1S/C23H20ClN3O/c1-14-6-5-9-20(25-14)27-22(17-7-3-4-8-19(17)24)18-13-12-16-11-10-15(2)26-21(16)23(18)28/h3-13,22,28H,1-2H3,(H,25,27). The van der Waals surface area contributed by atoms with Gasteiger partial charge in [-0.3, -0.25) is 0 Å². The van der Waals surface area contributed by atoms with Crippen LogP contribution in [0.25, 0.3) is 10.9 Å². The second-order valence-corrected chi connectivity index (χ2v) is 7.20. The summed E-state index contributed by atoms with van der Waals surface area (Å²) in [6.45, 7) is 3.85. The lowest BCUT2D eigenvalue weighted by Crippen LogP contribution is -2.14. The molecule has 2 N–H and O–H groups in total. The second-order valence-electron chi connectivity index (χ2n) is 6.79. The summed E-state index contributed by atoms with van der Waals surface area (Å²) in [4.78, 5) is 9.08. The lowest BCUT2D eigenvalue weighted by Gasteiger charge is -2.23. The Labute approximate surface area is 168 Å². The molecule has 0 aliphatic heterocycles. The van der Waals surface area contributed by atoms with Gasteiger partial charge in [-0.25, -0.2) is 9.97 Å². The van der Waals surface area contributed by atoms with Gasteiger partial charge in [0.25, 0.3) is 0 Å². The lowest BCUT2D eigenvalue weighted by atomic mass is 9.96. The number of hydrogen-bond donors (Lipinski definition) is 2. The first-order valence-corrected chi connectivity index (χ1v) is 9.44. The molecule has 2 aromatic heterocycles. The van der Waals surface area contributed by atoms with Crippen LogP contribution >= 0.6 is 11.6 Å². The number of aromatic nitrogens is 2. The van der Waals surface area contributed by atoms with Crippen LogP contribution in [-0.2, 0) is 0 Å². The SMILES string of the molecule is Cc1cccc(NC(c2ccccc2Cl)c2ccc3ccc(C)nc3c2O)n1. The largest absolute Gasteiger partial charge is 0.505 e. The maximum atomic E-state index is 11.1. The molecule has 4 aromatic rings. The van der Waals surface area contributed by atoms with E-state index in [1.54, 1.807) is 0 Å². The molecule has 5 heteroatoms. The number of fused-ring (bicyclic) bond motifs is 1. The van der Waals surface area contributed by atoms with Crippen molar-refractivity contribution in [3.05, 3.63) is 94.3 Å². The molecule has 0 saturated heterocycles. The monoisotopic (exact) mass is 389 g/mol. The summed E-state index contributed by atoms with van der Waals surface area (Å²) < 4.78 is 0. The summed E-state index contributed by atoms with van der Waals surface area (Å²) in [5.74, 6) is 0.855. The zero-order chi connectivity index (χ0) is 19.7. The molecule has 0 bridgehead atoms. The van der Waals surface area contributed by atoms with Crippen LogP contribution in [0.15, 0.2) is 66.7 Å². The Balaban J connectivity index is 1.89. The third kappa shape index (κ3) is 3.51. The van der Waals surface area contributed by atoms with Crippen LogP contribution in [-0.4, -0.2) is 15.1 Å². The average Bonchev–Trinajstić information content (AvgIpc) is 2.68. The van der Waals surface area contributed by atoms with Crippen molar-refractivity contribution in [1.82, 2.24) is 9.97 Å². The van der Waals surface area contributed by atoms with E-state index in [1.807, 2.05) is 80.6 Å². The van der Waals surface area contributed by atoms with Gasteiger partial charge in [-0.1, -0.05) is 54.1 Å². The van der Waals surface area contributed by atoms with Gasteiger partial charge in [-0.2, -0.15) is 0 Å². The molecule has 0 saturated carbocycles. The fourth-order valence-electron chi connectivity index (χ4n) is 3.32. The highest BCUT2D eigenvalue weighted by molar-refractivity contribution is 6.31. The van der Waals surface area contributed by atoms with Gasteiger partial charge in [-0.15, -0.1) is 0 Å². The van der Waals surface area contributed by atoms with Gasteiger partial charge in [0, 0.05) is 27.4 Å². The maximum absolute atomic E-state index is 11.1. The normalized spacial score (nSPS) is 12.1. The summed E-state index contributed by atoms with van der Waals surface area (Å²) in [7, 11) is 0. The number of aromatic hydroxyl groups is 1. The fourth-order valence-corrected chi connectivity index (χ4v) is 3.57. The summed E-state index contributed by atoms with van der Waals surface area (Å²) in [5.41, 5.74) is 3.89. The van der Waals surface area contributed by atoms with Crippen molar-refractivity contribution < 1.29 is 5.11 Å². The van der Waals surface area contributed by atoms with E-state index in [-0.39, 0.29) is 11.8 Å². The lowest BCUT2D eigenvalue weighted by molar-refractivity contribution is 0.471. The number of nitrogens with one attached hydrogen (secondary N) is 1. The van der Waals surface area contributed by atoms with Gasteiger partial charge in [0.2, 0.25) is 0 Å². The molecule has 28 heavy (non-hydrogen) atoms. The third-order valence-corrected chi connectivity index (χ3v) is 5.06. The number of rotatable bonds is 4. The minimum atomic E-state index is -0.380. The summed E-state index contributed by atoms with van der Waals surface area (Å²) in [6.07, 6.45) is 0. The van der Waals surface area contributed by atoms with Crippen molar-refractivity contribution in [1.29, 1.82) is 0 Å². The molecule has 0 aliphatic rings. The number of phenols is 1. The van der Waals surface area contributed by atoms with Gasteiger partial charge in [0.15, 0.2) is 0 Å². The number of nitrogens with zero attached hydrogens (tertiary/aromatic N) is 2. The Kier molecular flexibility index (Phi) is 4.88. The Morgan fingerprint density at radius 1 is 0.821 bits per heavy atom. The maximum Gasteiger partial charge on any atom is 0.147 e. The van der Waals surface area contributed by atoms with Crippen LogP contribution in [0.4, 0.5) is 5.82 Å². The molecule has 2 aromatic carbocycles. The third-order valence-electron chi connectivity index (χ3n) is 4.71. The van der Waals surface area contributed by atoms with Crippen molar-refractivity contribution in [2.75, 3.05) is 5.32 Å². The molecule has 0 fully saturated rings. The smallest absolute Gasteiger partial charge is 0.147 e. The number of halogens is 1. The molecule has 0 spiro atoms. The minimum Gasteiger partial charge on any atom is -0.505 e. The second kappa shape index (κ2) is 7.49. The van der Waals surface area contributed by atoms with Gasteiger partial charge in [-0.05, 0) is 43.7 Å². The molecule has 2 heterocycles. The molecular weight excluding hydrogens is 370 g/mol. The van der Waals surface area contributed by atoms with E-state index in [1.165, 1.54) is 0 Å². The van der Waals surface area contributed by atoms with Crippen LogP contribution in [0.1, 0.15) is 28.6 Å². The highest BCUT2D eigenvalue weighted by Gasteiger charge is 2.22. The fraction of sp³-hybridized carbons (Fsp3) is 0.130. The highest BCUT2D eigenvalue weighted by Crippen LogP contribution is 2.38. The Bertz CT molecular complexity index is 1160. The van der Waals surface area contributed by atoms with E-state index >= 15 is 0 Å². The quantitative estimate of drug-likeness (QED) is 0.462. The Hall–Kier alpha value is -3.11. The van der Waals surface area contributed by atoms with Crippen molar-refractivity contribution >= 4 is 28.3 Å². The number of phenolic OH excluding ortho intramolecular Hbond substituents is 1.